The molecular formula is C20H29F6N3O6S2. The molecule has 37 heavy (non-hydrogen) atoms. The Labute approximate surface area is 211 Å². The van der Waals surface area contributed by atoms with E-state index in [4.69, 9.17) is 4.74 Å². The number of rotatable bonds is 12. The Kier molecular flexibility index (Phi) is 11.2. The lowest BCUT2D eigenvalue weighted by molar-refractivity contribution is -0.0457. The quantitative estimate of drug-likeness (QED) is 0.362. The third kappa shape index (κ3) is 9.94. The van der Waals surface area contributed by atoms with Crippen LogP contribution in [0.4, 0.5) is 31.1 Å². The molecule has 0 saturated heterocycles. The molecule has 0 spiro atoms. The van der Waals surface area contributed by atoms with E-state index in [9.17, 15) is 48.0 Å². The molecule has 0 bridgehead atoms. The highest BCUT2D eigenvalue weighted by Crippen LogP contribution is 2.25. The smallest absolute Gasteiger partial charge is 0.445 e. The summed E-state index contributed by atoms with van der Waals surface area (Å²) in [4.78, 5) is 13.5. The van der Waals surface area contributed by atoms with Crippen molar-refractivity contribution in [2.45, 2.75) is 57.4 Å². The van der Waals surface area contributed by atoms with E-state index in [1.165, 1.54) is 37.1 Å². The first-order valence-corrected chi connectivity index (χ1v) is 13.8. The molecule has 0 aromatic heterocycles. The molecule has 0 heterocycles. The summed E-state index contributed by atoms with van der Waals surface area (Å²) in [6.07, 6.45) is -1.21. The standard InChI is InChI=1S/C20H29F6N3O6S2/c1-13(2)16(27-36(31,32)19(21,22)23)10-29(18(30)35-12-15-8-6-5-7-9-15)11-17(14(3)4)28-37(33,34)20(24,25)26/h5-9,13-14,16-17,27-28H,10-12H2,1-4H3/t16-,17-/m1/s1. The largest absolute Gasteiger partial charge is 0.511 e. The van der Waals surface area contributed by atoms with Gasteiger partial charge < -0.3 is 9.64 Å². The van der Waals surface area contributed by atoms with Gasteiger partial charge >= 0.3 is 37.2 Å². The van der Waals surface area contributed by atoms with Gasteiger partial charge in [0.05, 0.1) is 0 Å². The fraction of sp³-hybridized carbons (Fsp3) is 0.650. The summed E-state index contributed by atoms with van der Waals surface area (Å²) in [5.41, 5.74) is -10.8. The number of hydrogen-bond donors (Lipinski definition) is 2. The van der Waals surface area contributed by atoms with E-state index in [1.54, 1.807) is 30.3 Å². The number of halogens is 6. The molecule has 9 nitrogen and oxygen atoms in total. The molecule has 1 amide bonds. The van der Waals surface area contributed by atoms with Crippen LogP contribution in [0.25, 0.3) is 0 Å². The van der Waals surface area contributed by atoms with Crippen molar-refractivity contribution in [3.8, 4) is 0 Å². The number of carbonyl (C=O) groups excluding carboxylic acids is 1. The Hall–Kier alpha value is -2.11. The first-order chi connectivity index (χ1) is 16.7. The Morgan fingerprint density at radius 3 is 1.51 bits per heavy atom. The summed E-state index contributed by atoms with van der Waals surface area (Å²) in [6, 6.07) is 4.99. The highest BCUT2D eigenvalue weighted by atomic mass is 32.2. The molecule has 0 aliphatic carbocycles. The van der Waals surface area contributed by atoms with Crippen LogP contribution in [0.15, 0.2) is 30.3 Å². The molecule has 0 radical (unpaired) electrons. The SMILES string of the molecule is CC(C)[C@@H](CN(C[C@@H](NS(=O)(=O)C(F)(F)F)C(C)C)C(=O)OCc1ccccc1)NS(=O)(=O)C(F)(F)F. The highest BCUT2D eigenvalue weighted by molar-refractivity contribution is 7.90. The lowest BCUT2D eigenvalue weighted by Gasteiger charge is -2.33. The van der Waals surface area contributed by atoms with Crippen LogP contribution >= 0.6 is 0 Å². The summed E-state index contributed by atoms with van der Waals surface area (Å²) in [5.74, 6) is -1.66. The van der Waals surface area contributed by atoms with Crippen LogP contribution in [0.3, 0.4) is 0 Å². The van der Waals surface area contributed by atoms with Crippen molar-refractivity contribution >= 4 is 26.1 Å². The molecule has 0 unspecified atom stereocenters. The number of ether oxygens (including phenoxy) is 1. The van der Waals surface area contributed by atoms with Crippen LogP contribution in [-0.2, 0) is 31.4 Å². The van der Waals surface area contributed by atoms with Crippen molar-refractivity contribution < 1.29 is 52.7 Å². The first kappa shape index (κ1) is 32.9. The van der Waals surface area contributed by atoms with Gasteiger partial charge in [0.25, 0.3) is 0 Å². The molecule has 2 atom stereocenters. The fourth-order valence-electron chi connectivity index (χ4n) is 2.81. The van der Waals surface area contributed by atoms with Crippen molar-refractivity contribution in [2.75, 3.05) is 13.1 Å². The van der Waals surface area contributed by atoms with Crippen LogP contribution in [0.1, 0.15) is 33.3 Å². The number of sulfonamides is 2. The maximum atomic E-state index is 12.9. The topological polar surface area (TPSA) is 122 Å². The maximum Gasteiger partial charge on any atom is 0.511 e. The second-order valence-electron chi connectivity index (χ2n) is 8.78. The van der Waals surface area contributed by atoms with Crippen LogP contribution in [0.5, 0.6) is 0 Å². The second kappa shape index (κ2) is 12.6. The number of benzene rings is 1. The van der Waals surface area contributed by atoms with Gasteiger partial charge in [0.1, 0.15) is 6.61 Å². The van der Waals surface area contributed by atoms with Crippen molar-refractivity contribution in [2.24, 2.45) is 11.8 Å². The number of carbonyl (C=O) groups is 1. The fourth-order valence-corrected chi connectivity index (χ4v) is 4.57. The van der Waals surface area contributed by atoms with Crippen molar-refractivity contribution in [1.29, 1.82) is 0 Å². The zero-order valence-corrected chi connectivity index (χ0v) is 21.9. The monoisotopic (exact) mass is 585 g/mol. The number of amides is 1. The Balaban J connectivity index is 3.30. The molecule has 0 fully saturated rings. The number of nitrogens with zero attached hydrogens (tertiary/aromatic N) is 1. The van der Waals surface area contributed by atoms with E-state index in [0.29, 0.717) is 10.5 Å². The van der Waals surface area contributed by atoms with Gasteiger partial charge in [-0.1, -0.05) is 58.0 Å². The molecule has 2 N–H and O–H groups in total. The number of alkyl halides is 6. The van der Waals surface area contributed by atoms with Crippen LogP contribution in [0, 0.1) is 11.8 Å². The number of nitrogens with one attached hydrogen (secondary N) is 2. The molecular weight excluding hydrogens is 556 g/mol. The summed E-state index contributed by atoms with van der Waals surface area (Å²) in [7, 11) is -11.7. The van der Waals surface area contributed by atoms with Gasteiger partial charge in [-0.15, -0.1) is 0 Å². The normalized spacial score (nSPS) is 15.0. The predicted octanol–water partition coefficient (Wildman–Crippen LogP) is 3.55. The van der Waals surface area contributed by atoms with Gasteiger partial charge in [-0.25, -0.2) is 31.1 Å². The van der Waals surface area contributed by atoms with Crippen molar-refractivity contribution in [1.82, 2.24) is 14.3 Å². The highest BCUT2D eigenvalue weighted by Gasteiger charge is 2.49. The average Bonchev–Trinajstić information content (AvgIpc) is 2.74. The molecule has 0 aliphatic rings. The molecule has 1 aromatic carbocycles. The zero-order chi connectivity index (χ0) is 28.8. The second-order valence-corrected chi connectivity index (χ2v) is 12.2. The molecule has 1 aromatic rings. The number of hydrogen-bond acceptors (Lipinski definition) is 6. The molecule has 0 saturated carbocycles. The van der Waals surface area contributed by atoms with Gasteiger partial charge in [0, 0.05) is 25.2 Å². The van der Waals surface area contributed by atoms with Crippen molar-refractivity contribution in [3.05, 3.63) is 35.9 Å². The Morgan fingerprint density at radius 2 is 1.19 bits per heavy atom. The van der Waals surface area contributed by atoms with Crippen LogP contribution in [-0.4, -0.2) is 64.0 Å². The minimum absolute atomic E-state index is 0.322. The summed E-state index contributed by atoms with van der Waals surface area (Å²) >= 11 is 0. The lowest BCUT2D eigenvalue weighted by atomic mass is 10.0. The molecule has 17 heteroatoms. The van der Waals surface area contributed by atoms with E-state index < -0.39 is 74.2 Å². The molecule has 0 aliphatic heterocycles. The van der Waals surface area contributed by atoms with Gasteiger partial charge in [-0.05, 0) is 17.4 Å². The zero-order valence-electron chi connectivity index (χ0n) is 20.3. The van der Waals surface area contributed by atoms with Crippen molar-refractivity contribution in [3.63, 3.8) is 0 Å². The van der Waals surface area contributed by atoms with Crippen LogP contribution in [0.2, 0.25) is 0 Å². The van der Waals surface area contributed by atoms with E-state index in [1.807, 2.05) is 0 Å². The van der Waals surface area contributed by atoms with E-state index in [0.717, 1.165) is 0 Å². The summed E-state index contributed by atoms with van der Waals surface area (Å²) in [5, 5.41) is 0. The Bertz CT molecular complexity index is 1030. The molecule has 214 valence electrons. The minimum Gasteiger partial charge on any atom is -0.445 e. The van der Waals surface area contributed by atoms with E-state index >= 15 is 0 Å². The maximum absolute atomic E-state index is 12.9. The van der Waals surface area contributed by atoms with Crippen LogP contribution < -0.4 is 9.44 Å². The molecule has 1 rings (SSSR count). The average molecular weight is 586 g/mol. The third-order valence-corrected chi connectivity index (χ3v) is 7.57. The summed E-state index contributed by atoms with van der Waals surface area (Å²) in [6.45, 7) is 3.55. The van der Waals surface area contributed by atoms with E-state index in [2.05, 4.69) is 0 Å². The van der Waals surface area contributed by atoms with Gasteiger partial charge in [-0.3, -0.25) is 0 Å². The van der Waals surface area contributed by atoms with Gasteiger partial charge in [-0.2, -0.15) is 26.3 Å². The predicted molar refractivity (Wildman–Crippen MR) is 122 cm³/mol. The lowest BCUT2D eigenvalue weighted by Crippen LogP contribution is -2.55. The Morgan fingerprint density at radius 1 is 0.811 bits per heavy atom. The summed E-state index contributed by atoms with van der Waals surface area (Å²) < 4.78 is 132. The van der Waals surface area contributed by atoms with E-state index in [-0.39, 0.29) is 6.61 Å². The third-order valence-electron chi connectivity index (χ3n) is 5.13. The van der Waals surface area contributed by atoms with Gasteiger partial charge in [0.15, 0.2) is 0 Å². The first-order valence-electron chi connectivity index (χ1n) is 10.8. The minimum atomic E-state index is -5.85. The van der Waals surface area contributed by atoms with Gasteiger partial charge in [0.2, 0.25) is 0 Å².